The predicted octanol–water partition coefficient (Wildman–Crippen LogP) is 2.46. The Labute approximate surface area is 103 Å². The zero-order chi connectivity index (χ0) is 12.3. The Morgan fingerprint density at radius 1 is 1.41 bits per heavy atom. The van der Waals surface area contributed by atoms with Gasteiger partial charge in [0.05, 0.1) is 6.54 Å². The van der Waals surface area contributed by atoms with Crippen LogP contribution in [0.4, 0.5) is 0 Å². The minimum atomic E-state index is 0.805. The van der Waals surface area contributed by atoms with Crippen molar-refractivity contribution in [1.82, 2.24) is 10.2 Å². The van der Waals surface area contributed by atoms with Crippen molar-refractivity contribution in [1.29, 1.82) is 0 Å². The molecule has 0 aromatic carbocycles. The van der Waals surface area contributed by atoms with E-state index < -0.39 is 0 Å². The second kappa shape index (κ2) is 5.52. The van der Waals surface area contributed by atoms with Gasteiger partial charge in [0.2, 0.25) is 0 Å². The summed E-state index contributed by atoms with van der Waals surface area (Å²) in [4.78, 5) is 2.47. The van der Waals surface area contributed by atoms with Crippen molar-refractivity contribution in [3.05, 3.63) is 34.8 Å². The van der Waals surface area contributed by atoms with Crippen LogP contribution in [0.5, 0.6) is 0 Å². The lowest BCUT2D eigenvalue weighted by molar-refractivity contribution is 0.284. The molecule has 0 saturated heterocycles. The summed E-state index contributed by atoms with van der Waals surface area (Å²) in [6.45, 7) is 8.31. The normalized spacial score (nSPS) is 17.2. The fourth-order valence-electron chi connectivity index (χ4n) is 2.20. The fraction of sp³-hybridized carbons (Fsp3) is 0.571. The van der Waals surface area contributed by atoms with Gasteiger partial charge >= 0.3 is 0 Å². The highest BCUT2D eigenvalue weighted by atomic mass is 16.3. The van der Waals surface area contributed by atoms with Gasteiger partial charge < -0.3 is 9.73 Å². The molecule has 2 heterocycles. The Morgan fingerprint density at radius 2 is 2.24 bits per heavy atom. The highest BCUT2D eigenvalue weighted by molar-refractivity contribution is 5.21. The molecular formula is C14H22N2O. The largest absolute Gasteiger partial charge is 0.465 e. The second-order valence-electron chi connectivity index (χ2n) is 4.86. The highest BCUT2D eigenvalue weighted by Crippen LogP contribution is 2.19. The number of nitrogens with zero attached hydrogens (tertiary/aromatic N) is 1. The summed E-state index contributed by atoms with van der Waals surface area (Å²) in [6, 6.07) is 2.18. The summed E-state index contributed by atoms with van der Waals surface area (Å²) in [5, 5.41) is 3.12. The molecule has 1 aromatic rings. The number of hydrogen-bond donors (Lipinski definition) is 1. The van der Waals surface area contributed by atoms with E-state index in [9.17, 15) is 0 Å². The number of furan rings is 1. The summed E-state index contributed by atoms with van der Waals surface area (Å²) in [5.41, 5.74) is 2.84. The van der Waals surface area contributed by atoms with Crippen LogP contribution in [0.25, 0.3) is 0 Å². The molecule has 1 aliphatic heterocycles. The second-order valence-corrected chi connectivity index (χ2v) is 4.86. The predicted molar refractivity (Wildman–Crippen MR) is 69.9 cm³/mol. The van der Waals surface area contributed by atoms with Gasteiger partial charge in [-0.05, 0) is 33.4 Å². The van der Waals surface area contributed by atoms with E-state index in [2.05, 4.69) is 36.2 Å². The van der Waals surface area contributed by atoms with Crippen molar-refractivity contribution in [3.8, 4) is 0 Å². The van der Waals surface area contributed by atoms with Crippen LogP contribution >= 0.6 is 0 Å². The molecule has 0 saturated carbocycles. The lowest BCUT2D eigenvalue weighted by Crippen LogP contribution is -2.27. The first-order valence-corrected chi connectivity index (χ1v) is 6.30. The first-order valence-electron chi connectivity index (χ1n) is 6.30. The maximum absolute atomic E-state index is 5.71. The third-order valence-corrected chi connectivity index (χ3v) is 3.34. The minimum absolute atomic E-state index is 0.805. The minimum Gasteiger partial charge on any atom is -0.465 e. The van der Waals surface area contributed by atoms with Crippen LogP contribution in [0.15, 0.2) is 22.1 Å². The molecule has 0 spiro atoms. The monoisotopic (exact) mass is 234 g/mol. The third kappa shape index (κ3) is 3.20. The molecule has 0 unspecified atom stereocenters. The van der Waals surface area contributed by atoms with Crippen molar-refractivity contribution in [3.63, 3.8) is 0 Å². The summed E-state index contributed by atoms with van der Waals surface area (Å²) >= 11 is 0. The molecule has 0 amide bonds. The fourth-order valence-corrected chi connectivity index (χ4v) is 2.20. The molecule has 0 bridgehead atoms. The molecule has 0 fully saturated rings. The van der Waals surface area contributed by atoms with Crippen molar-refractivity contribution in [2.45, 2.75) is 33.4 Å². The van der Waals surface area contributed by atoms with E-state index in [0.717, 1.165) is 37.7 Å². The van der Waals surface area contributed by atoms with Gasteiger partial charge in [-0.2, -0.15) is 0 Å². The van der Waals surface area contributed by atoms with Crippen LogP contribution in [0.1, 0.15) is 30.4 Å². The molecule has 0 radical (unpaired) electrons. The molecule has 17 heavy (non-hydrogen) atoms. The van der Waals surface area contributed by atoms with Crippen molar-refractivity contribution in [2.75, 3.05) is 20.1 Å². The smallest absolute Gasteiger partial charge is 0.118 e. The van der Waals surface area contributed by atoms with Gasteiger partial charge in [-0.15, -0.1) is 0 Å². The first kappa shape index (κ1) is 12.4. The molecule has 1 N–H and O–H groups in total. The van der Waals surface area contributed by atoms with Gasteiger partial charge in [-0.1, -0.05) is 11.6 Å². The standard InChI is InChI=1S/C14H22N2O/c1-11-4-6-16(7-5-11)10-13-8-14(9-15-3)17-12(13)2/h4,8,15H,5-7,9-10H2,1-3H3. The third-order valence-electron chi connectivity index (χ3n) is 3.34. The van der Waals surface area contributed by atoms with Gasteiger partial charge in [-0.25, -0.2) is 0 Å². The molecule has 94 valence electrons. The van der Waals surface area contributed by atoms with Gasteiger partial charge in [0.25, 0.3) is 0 Å². The molecule has 2 rings (SSSR count). The molecule has 3 heteroatoms. The quantitative estimate of drug-likeness (QED) is 0.811. The lowest BCUT2D eigenvalue weighted by Gasteiger charge is -2.24. The van der Waals surface area contributed by atoms with E-state index in [1.54, 1.807) is 0 Å². The number of aryl methyl sites for hydroxylation is 1. The molecule has 0 atom stereocenters. The molecule has 1 aliphatic rings. The van der Waals surface area contributed by atoms with Crippen LogP contribution in [0, 0.1) is 6.92 Å². The van der Waals surface area contributed by atoms with E-state index in [1.165, 1.54) is 17.6 Å². The SMILES string of the molecule is CNCc1cc(CN2CC=C(C)CC2)c(C)o1. The Hall–Kier alpha value is -1.06. The summed E-state index contributed by atoms with van der Waals surface area (Å²) in [5.74, 6) is 2.09. The Morgan fingerprint density at radius 3 is 2.88 bits per heavy atom. The van der Waals surface area contributed by atoms with Crippen LogP contribution in [-0.4, -0.2) is 25.0 Å². The van der Waals surface area contributed by atoms with Crippen LogP contribution in [0.3, 0.4) is 0 Å². The van der Waals surface area contributed by atoms with Gasteiger partial charge in [0, 0.05) is 25.2 Å². The maximum atomic E-state index is 5.71. The van der Waals surface area contributed by atoms with Crippen LogP contribution in [-0.2, 0) is 13.1 Å². The van der Waals surface area contributed by atoms with Gasteiger partial charge in [-0.3, -0.25) is 4.90 Å². The van der Waals surface area contributed by atoms with Crippen LogP contribution in [0.2, 0.25) is 0 Å². The Kier molecular flexibility index (Phi) is 4.02. The van der Waals surface area contributed by atoms with Crippen molar-refractivity contribution in [2.24, 2.45) is 0 Å². The van der Waals surface area contributed by atoms with Crippen molar-refractivity contribution >= 4 is 0 Å². The van der Waals surface area contributed by atoms with Crippen molar-refractivity contribution < 1.29 is 4.42 Å². The highest BCUT2D eigenvalue weighted by Gasteiger charge is 2.13. The summed E-state index contributed by atoms with van der Waals surface area (Å²) < 4.78 is 5.71. The number of hydrogen-bond acceptors (Lipinski definition) is 3. The van der Waals surface area contributed by atoms with E-state index in [0.29, 0.717) is 0 Å². The molecule has 1 aromatic heterocycles. The molecule has 3 nitrogen and oxygen atoms in total. The first-order chi connectivity index (χ1) is 8.19. The average Bonchev–Trinajstić information content (AvgIpc) is 2.63. The zero-order valence-corrected chi connectivity index (χ0v) is 11.0. The van der Waals surface area contributed by atoms with Gasteiger partial charge in [0.1, 0.15) is 11.5 Å². The van der Waals surface area contributed by atoms with E-state index >= 15 is 0 Å². The van der Waals surface area contributed by atoms with Gasteiger partial charge in [0.15, 0.2) is 0 Å². The topological polar surface area (TPSA) is 28.4 Å². The van der Waals surface area contributed by atoms with E-state index in [1.807, 2.05) is 7.05 Å². The number of rotatable bonds is 4. The summed E-state index contributed by atoms with van der Waals surface area (Å²) in [6.07, 6.45) is 3.52. The number of nitrogens with one attached hydrogen (secondary N) is 1. The molecule has 0 aliphatic carbocycles. The Balaban J connectivity index is 1.98. The maximum Gasteiger partial charge on any atom is 0.118 e. The molecular weight excluding hydrogens is 212 g/mol. The zero-order valence-electron chi connectivity index (χ0n) is 11.0. The lowest BCUT2D eigenvalue weighted by atomic mass is 10.1. The summed E-state index contributed by atoms with van der Waals surface area (Å²) in [7, 11) is 1.94. The Bertz CT molecular complexity index is 406. The van der Waals surface area contributed by atoms with E-state index in [4.69, 9.17) is 4.42 Å². The van der Waals surface area contributed by atoms with Crippen LogP contribution < -0.4 is 5.32 Å². The average molecular weight is 234 g/mol. The van der Waals surface area contributed by atoms with E-state index in [-0.39, 0.29) is 0 Å².